The molecule has 0 saturated heterocycles. The van der Waals surface area contributed by atoms with Crippen molar-refractivity contribution in [2.75, 3.05) is 7.11 Å². The Morgan fingerprint density at radius 2 is 2.17 bits per heavy atom. The third-order valence-corrected chi connectivity index (χ3v) is 4.30. The minimum Gasteiger partial charge on any atom is -0.493 e. The molecule has 6 nitrogen and oxygen atoms in total. The fourth-order valence-electron chi connectivity index (χ4n) is 2.86. The first kappa shape index (κ1) is 14.7. The molecule has 0 spiro atoms. The quantitative estimate of drug-likeness (QED) is 0.781. The summed E-state index contributed by atoms with van der Waals surface area (Å²) in [5, 5.41) is 4.67. The molecule has 0 aliphatic heterocycles. The number of carbonyl (C=O) groups is 1. The van der Waals surface area contributed by atoms with Gasteiger partial charge in [-0.15, -0.1) is 0 Å². The van der Waals surface area contributed by atoms with Crippen LogP contribution in [0.5, 0.6) is 5.75 Å². The molecular formula is C18H18N4O2. The molecule has 0 bridgehead atoms. The highest BCUT2D eigenvalue weighted by atomic mass is 16.5. The number of rotatable bonds is 5. The van der Waals surface area contributed by atoms with Crippen LogP contribution in [-0.2, 0) is 6.42 Å². The highest BCUT2D eigenvalue weighted by Crippen LogP contribution is 2.39. The maximum Gasteiger partial charge on any atom is 0.248 e. The van der Waals surface area contributed by atoms with Crippen LogP contribution in [-0.4, -0.2) is 27.6 Å². The number of benzene rings is 1. The van der Waals surface area contributed by atoms with E-state index in [4.69, 9.17) is 10.5 Å². The lowest BCUT2D eigenvalue weighted by atomic mass is 10.1. The van der Waals surface area contributed by atoms with Crippen molar-refractivity contribution in [3.63, 3.8) is 0 Å². The Hall–Kier alpha value is -2.89. The molecule has 2 N–H and O–H groups in total. The van der Waals surface area contributed by atoms with Gasteiger partial charge in [-0.25, -0.2) is 9.50 Å². The molecule has 0 atom stereocenters. The number of hydrogen-bond acceptors (Lipinski definition) is 4. The van der Waals surface area contributed by atoms with Gasteiger partial charge in [-0.2, -0.15) is 5.10 Å². The molecule has 122 valence electrons. The number of primary amides is 1. The number of ether oxygens (including phenoxy) is 1. The molecule has 2 aromatic heterocycles. The van der Waals surface area contributed by atoms with E-state index >= 15 is 0 Å². The van der Waals surface area contributed by atoms with Crippen LogP contribution >= 0.6 is 0 Å². The Morgan fingerprint density at radius 3 is 2.88 bits per heavy atom. The van der Waals surface area contributed by atoms with E-state index in [1.165, 1.54) is 0 Å². The van der Waals surface area contributed by atoms with E-state index < -0.39 is 5.91 Å². The average molecular weight is 322 g/mol. The maximum atomic E-state index is 11.4. The Morgan fingerprint density at radius 1 is 1.33 bits per heavy atom. The normalized spacial score (nSPS) is 14.0. The van der Waals surface area contributed by atoms with E-state index in [0.717, 1.165) is 35.6 Å². The van der Waals surface area contributed by atoms with Gasteiger partial charge in [-0.1, -0.05) is 12.1 Å². The van der Waals surface area contributed by atoms with Crippen LogP contribution in [0.3, 0.4) is 0 Å². The van der Waals surface area contributed by atoms with Gasteiger partial charge >= 0.3 is 0 Å². The van der Waals surface area contributed by atoms with Crippen molar-refractivity contribution in [2.24, 2.45) is 5.73 Å². The number of methoxy groups -OCH3 is 1. The number of nitrogens with two attached hydrogens (primary N) is 1. The Labute approximate surface area is 139 Å². The van der Waals surface area contributed by atoms with E-state index in [1.807, 2.05) is 34.8 Å². The molecule has 0 unspecified atom stereocenters. The summed E-state index contributed by atoms with van der Waals surface area (Å²) in [7, 11) is 1.64. The standard InChI is InChI=1S/C18H18N4O2/c1-24-15-8-7-14(10-11-3-2-4-13(9-11)16(19)23)22-18(15)20-17(21-22)12-5-6-12/h2-4,7-9,12H,5-6,10H2,1H3,(H2,19,23). The Balaban J connectivity index is 1.76. The molecule has 1 saturated carbocycles. The van der Waals surface area contributed by atoms with Crippen molar-refractivity contribution < 1.29 is 9.53 Å². The predicted octanol–water partition coefficient (Wildman–Crippen LogP) is 2.31. The number of amides is 1. The maximum absolute atomic E-state index is 11.4. The van der Waals surface area contributed by atoms with Crippen LogP contribution < -0.4 is 10.5 Å². The molecule has 24 heavy (non-hydrogen) atoms. The van der Waals surface area contributed by atoms with Gasteiger partial charge in [0.25, 0.3) is 0 Å². The summed E-state index contributed by atoms with van der Waals surface area (Å²) in [6, 6.07) is 11.2. The number of carbonyl (C=O) groups excluding carboxylic acids is 1. The summed E-state index contributed by atoms with van der Waals surface area (Å²) in [6.07, 6.45) is 2.93. The van der Waals surface area contributed by atoms with E-state index in [2.05, 4.69) is 10.1 Å². The van der Waals surface area contributed by atoms with E-state index in [-0.39, 0.29) is 0 Å². The number of hydrogen-bond donors (Lipinski definition) is 1. The molecule has 1 fully saturated rings. The smallest absolute Gasteiger partial charge is 0.248 e. The summed E-state index contributed by atoms with van der Waals surface area (Å²) in [4.78, 5) is 16.0. The summed E-state index contributed by atoms with van der Waals surface area (Å²) in [5.74, 6) is 1.64. The Bertz CT molecular complexity index is 928. The molecule has 3 aromatic rings. The van der Waals surface area contributed by atoms with Gasteiger partial charge < -0.3 is 10.5 Å². The fraction of sp³-hybridized carbons (Fsp3) is 0.278. The minimum absolute atomic E-state index is 0.423. The molecule has 2 heterocycles. The van der Waals surface area contributed by atoms with Gasteiger partial charge in [0.05, 0.1) is 7.11 Å². The van der Waals surface area contributed by atoms with Crippen molar-refractivity contribution in [3.8, 4) is 5.75 Å². The van der Waals surface area contributed by atoms with Gasteiger partial charge in [-0.3, -0.25) is 4.79 Å². The van der Waals surface area contributed by atoms with Crippen molar-refractivity contribution >= 4 is 11.6 Å². The number of nitrogens with zero attached hydrogens (tertiary/aromatic N) is 3. The summed E-state index contributed by atoms with van der Waals surface area (Å²) >= 11 is 0. The van der Waals surface area contributed by atoms with Crippen molar-refractivity contribution in [2.45, 2.75) is 25.2 Å². The lowest BCUT2D eigenvalue weighted by molar-refractivity contribution is 0.1000. The molecule has 6 heteroatoms. The van der Waals surface area contributed by atoms with E-state index in [1.54, 1.807) is 13.2 Å². The molecule has 4 rings (SSSR count). The first-order chi connectivity index (χ1) is 11.7. The SMILES string of the molecule is COc1ccc(Cc2cccc(C(N)=O)c2)n2nc(C3CC3)nc12. The highest BCUT2D eigenvalue weighted by molar-refractivity contribution is 5.92. The second kappa shape index (κ2) is 5.63. The van der Waals surface area contributed by atoms with Gasteiger partial charge in [0.1, 0.15) is 0 Å². The molecule has 1 aliphatic carbocycles. The minimum atomic E-state index is -0.423. The fourth-order valence-corrected chi connectivity index (χ4v) is 2.86. The van der Waals surface area contributed by atoms with Crippen LogP contribution in [0, 0.1) is 0 Å². The first-order valence-corrected chi connectivity index (χ1v) is 7.97. The van der Waals surface area contributed by atoms with E-state index in [9.17, 15) is 4.79 Å². The van der Waals surface area contributed by atoms with Crippen LogP contribution in [0.25, 0.3) is 5.65 Å². The second-order valence-corrected chi connectivity index (χ2v) is 6.11. The number of fused-ring (bicyclic) bond motifs is 1. The van der Waals surface area contributed by atoms with Gasteiger partial charge in [0.2, 0.25) is 5.91 Å². The Kier molecular flexibility index (Phi) is 3.45. The lowest BCUT2D eigenvalue weighted by Crippen LogP contribution is -2.11. The summed E-state index contributed by atoms with van der Waals surface area (Å²) < 4.78 is 7.26. The van der Waals surface area contributed by atoms with Crippen LogP contribution in [0.2, 0.25) is 0 Å². The van der Waals surface area contributed by atoms with Crippen LogP contribution in [0.1, 0.15) is 46.2 Å². The van der Waals surface area contributed by atoms with Gasteiger partial charge in [-0.05, 0) is 42.7 Å². The van der Waals surface area contributed by atoms with Crippen LogP contribution in [0.4, 0.5) is 0 Å². The zero-order valence-electron chi connectivity index (χ0n) is 13.4. The number of pyridine rings is 1. The second-order valence-electron chi connectivity index (χ2n) is 6.11. The molecule has 1 aromatic carbocycles. The predicted molar refractivity (Wildman–Crippen MR) is 89.3 cm³/mol. The van der Waals surface area contributed by atoms with Crippen molar-refractivity contribution in [1.29, 1.82) is 0 Å². The van der Waals surface area contributed by atoms with Gasteiger partial charge in [0.15, 0.2) is 17.2 Å². The highest BCUT2D eigenvalue weighted by Gasteiger charge is 2.29. The molecular weight excluding hydrogens is 304 g/mol. The molecule has 1 aliphatic rings. The van der Waals surface area contributed by atoms with Crippen LogP contribution in [0.15, 0.2) is 36.4 Å². The zero-order chi connectivity index (χ0) is 16.7. The monoisotopic (exact) mass is 322 g/mol. The zero-order valence-corrected chi connectivity index (χ0v) is 13.4. The molecule has 1 amide bonds. The number of aromatic nitrogens is 3. The lowest BCUT2D eigenvalue weighted by Gasteiger charge is -2.08. The summed E-state index contributed by atoms with van der Waals surface area (Å²) in [5.41, 5.74) is 8.61. The van der Waals surface area contributed by atoms with Crippen molar-refractivity contribution in [1.82, 2.24) is 14.6 Å². The third-order valence-electron chi connectivity index (χ3n) is 4.30. The first-order valence-electron chi connectivity index (χ1n) is 7.97. The molecule has 0 radical (unpaired) electrons. The van der Waals surface area contributed by atoms with Gasteiger partial charge in [0, 0.05) is 23.6 Å². The van der Waals surface area contributed by atoms with E-state index in [0.29, 0.717) is 23.7 Å². The summed E-state index contributed by atoms with van der Waals surface area (Å²) in [6.45, 7) is 0. The average Bonchev–Trinajstić information content (AvgIpc) is 3.34. The topological polar surface area (TPSA) is 82.5 Å². The largest absolute Gasteiger partial charge is 0.493 e. The van der Waals surface area contributed by atoms with Crippen molar-refractivity contribution in [3.05, 3.63) is 59.0 Å². The third kappa shape index (κ3) is 2.60.